The van der Waals surface area contributed by atoms with E-state index in [9.17, 15) is 9.59 Å². The van der Waals surface area contributed by atoms with Crippen LogP contribution < -0.4 is 10.6 Å². The first-order chi connectivity index (χ1) is 11.7. The van der Waals surface area contributed by atoms with Crippen LogP contribution in [0.1, 0.15) is 18.9 Å². The first-order valence-corrected chi connectivity index (χ1v) is 7.73. The highest BCUT2D eigenvalue weighted by molar-refractivity contribution is 5.93. The number of nitrogens with zero attached hydrogens (tertiary/aromatic N) is 2. The third-order valence-electron chi connectivity index (χ3n) is 3.21. The van der Waals surface area contributed by atoms with E-state index in [0.29, 0.717) is 12.5 Å². The van der Waals surface area contributed by atoms with E-state index in [2.05, 4.69) is 20.6 Å². The molecule has 24 heavy (non-hydrogen) atoms. The van der Waals surface area contributed by atoms with Gasteiger partial charge in [0.15, 0.2) is 6.61 Å². The highest BCUT2D eigenvalue weighted by Gasteiger charge is 2.09. The molecule has 0 saturated carbocycles. The Hall–Kier alpha value is -2.96. The minimum Gasteiger partial charge on any atom is -0.456 e. The van der Waals surface area contributed by atoms with E-state index in [1.807, 2.05) is 31.2 Å². The van der Waals surface area contributed by atoms with Crippen LogP contribution >= 0.6 is 0 Å². The number of esters is 1. The van der Waals surface area contributed by atoms with E-state index in [1.54, 1.807) is 18.5 Å². The van der Waals surface area contributed by atoms with Crippen molar-refractivity contribution >= 4 is 23.5 Å². The Labute approximate surface area is 140 Å². The van der Waals surface area contributed by atoms with E-state index in [-0.39, 0.29) is 18.9 Å². The number of nitrogens with one attached hydrogen (secondary N) is 2. The molecule has 0 fully saturated rings. The van der Waals surface area contributed by atoms with Crippen LogP contribution in [0.15, 0.2) is 42.7 Å². The van der Waals surface area contributed by atoms with E-state index >= 15 is 0 Å². The normalized spacial score (nSPS) is 10.0. The molecule has 2 aromatic rings. The fourth-order valence-corrected chi connectivity index (χ4v) is 2.02. The minimum atomic E-state index is -0.461. The molecular weight excluding hydrogens is 308 g/mol. The number of aromatic nitrogens is 2. The van der Waals surface area contributed by atoms with Crippen molar-refractivity contribution in [3.63, 3.8) is 0 Å². The van der Waals surface area contributed by atoms with Gasteiger partial charge in [-0.2, -0.15) is 0 Å². The van der Waals surface area contributed by atoms with Crippen molar-refractivity contribution in [2.75, 3.05) is 23.8 Å². The number of amides is 1. The Morgan fingerprint density at radius 1 is 1.12 bits per heavy atom. The second-order valence-electron chi connectivity index (χ2n) is 4.97. The number of anilines is 2. The van der Waals surface area contributed by atoms with Gasteiger partial charge < -0.3 is 15.4 Å². The molecule has 0 aliphatic carbocycles. The van der Waals surface area contributed by atoms with Crippen LogP contribution in [-0.2, 0) is 20.7 Å². The van der Waals surface area contributed by atoms with Gasteiger partial charge in [0.1, 0.15) is 0 Å². The zero-order chi connectivity index (χ0) is 17.2. The highest BCUT2D eigenvalue weighted by Crippen LogP contribution is 2.15. The summed E-state index contributed by atoms with van der Waals surface area (Å²) in [6, 6.07) is 9.23. The molecule has 0 aliphatic rings. The van der Waals surface area contributed by atoms with E-state index in [1.165, 1.54) is 0 Å². The lowest BCUT2D eigenvalue weighted by atomic mass is 10.1. The van der Waals surface area contributed by atoms with Gasteiger partial charge in [0.2, 0.25) is 5.95 Å². The quantitative estimate of drug-likeness (QED) is 0.720. The van der Waals surface area contributed by atoms with E-state index in [4.69, 9.17) is 4.74 Å². The monoisotopic (exact) mass is 328 g/mol. The summed E-state index contributed by atoms with van der Waals surface area (Å²) in [5.74, 6) is -0.375. The van der Waals surface area contributed by atoms with Crippen molar-refractivity contribution in [2.45, 2.75) is 19.8 Å². The first-order valence-electron chi connectivity index (χ1n) is 7.73. The minimum absolute atomic E-state index is 0.122. The lowest BCUT2D eigenvalue weighted by Gasteiger charge is -2.10. The number of carbonyl (C=O) groups excluding carboxylic acids is 2. The molecule has 126 valence electrons. The molecule has 1 aromatic carbocycles. The second kappa shape index (κ2) is 9.24. The predicted octanol–water partition coefficient (Wildman–Crippen LogP) is 2.02. The van der Waals surface area contributed by atoms with Crippen molar-refractivity contribution in [2.24, 2.45) is 0 Å². The molecule has 2 N–H and O–H groups in total. The van der Waals surface area contributed by atoms with Crippen LogP contribution in [0.25, 0.3) is 0 Å². The third kappa shape index (κ3) is 5.68. The molecule has 1 amide bonds. The van der Waals surface area contributed by atoms with Gasteiger partial charge in [-0.3, -0.25) is 9.59 Å². The molecule has 0 radical (unpaired) electrons. The van der Waals surface area contributed by atoms with Crippen LogP contribution in [0.5, 0.6) is 0 Å². The zero-order valence-electron chi connectivity index (χ0n) is 13.5. The number of hydrogen-bond donors (Lipinski definition) is 2. The van der Waals surface area contributed by atoms with Gasteiger partial charge in [0.25, 0.3) is 5.91 Å². The fraction of sp³-hybridized carbons (Fsp3) is 0.294. The van der Waals surface area contributed by atoms with Crippen LogP contribution in [-0.4, -0.2) is 35.0 Å². The molecule has 0 saturated heterocycles. The SMILES string of the molecule is CCc1ccccc1NC(=O)COC(=O)CCNc1ncccn1. The average Bonchev–Trinajstić information content (AvgIpc) is 2.61. The van der Waals surface area contributed by atoms with Crippen molar-refractivity contribution in [1.29, 1.82) is 0 Å². The Bertz CT molecular complexity index is 677. The average molecular weight is 328 g/mol. The van der Waals surface area contributed by atoms with Crippen molar-refractivity contribution in [3.8, 4) is 0 Å². The summed E-state index contributed by atoms with van der Waals surface area (Å²) in [6.07, 6.45) is 4.14. The second-order valence-corrected chi connectivity index (χ2v) is 4.97. The maximum atomic E-state index is 11.9. The summed E-state index contributed by atoms with van der Waals surface area (Å²) >= 11 is 0. The highest BCUT2D eigenvalue weighted by atomic mass is 16.5. The summed E-state index contributed by atoms with van der Waals surface area (Å²) in [7, 11) is 0. The smallest absolute Gasteiger partial charge is 0.308 e. The largest absolute Gasteiger partial charge is 0.456 e. The standard InChI is InChI=1S/C17H20N4O3/c1-2-13-6-3-4-7-14(13)21-15(22)12-24-16(23)8-11-20-17-18-9-5-10-19-17/h3-7,9-10H,2,8,11-12H2,1H3,(H,21,22)(H,18,19,20). The van der Waals surface area contributed by atoms with Crippen molar-refractivity contribution < 1.29 is 14.3 Å². The molecule has 2 rings (SSSR count). The van der Waals surface area contributed by atoms with Crippen LogP contribution in [0.2, 0.25) is 0 Å². The number of hydrogen-bond acceptors (Lipinski definition) is 6. The zero-order valence-corrected chi connectivity index (χ0v) is 13.5. The van der Waals surface area contributed by atoms with Crippen LogP contribution in [0.4, 0.5) is 11.6 Å². The topological polar surface area (TPSA) is 93.2 Å². The van der Waals surface area contributed by atoms with Gasteiger partial charge in [-0.05, 0) is 24.1 Å². The van der Waals surface area contributed by atoms with Gasteiger partial charge >= 0.3 is 5.97 Å². The summed E-state index contributed by atoms with van der Waals surface area (Å²) in [5, 5.41) is 5.64. The molecule has 0 bridgehead atoms. The fourth-order valence-electron chi connectivity index (χ4n) is 2.02. The summed E-state index contributed by atoms with van der Waals surface area (Å²) in [4.78, 5) is 31.4. The number of carbonyl (C=O) groups is 2. The number of aryl methyl sites for hydroxylation is 1. The summed E-state index contributed by atoms with van der Waals surface area (Å²) < 4.78 is 4.96. The van der Waals surface area contributed by atoms with Gasteiger partial charge in [0, 0.05) is 24.6 Å². The first kappa shape index (κ1) is 17.4. The Morgan fingerprint density at radius 2 is 1.88 bits per heavy atom. The molecular formula is C17H20N4O3. The predicted molar refractivity (Wildman–Crippen MR) is 90.5 cm³/mol. The molecule has 1 aromatic heterocycles. The lowest BCUT2D eigenvalue weighted by Crippen LogP contribution is -2.22. The molecule has 7 nitrogen and oxygen atoms in total. The lowest BCUT2D eigenvalue weighted by molar-refractivity contribution is -0.147. The molecule has 1 heterocycles. The Kier molecular flexibility index (Phi) is 6.70. The van der Waals surface area contributed by atoms with E-state index in [0.717, 1.165) is 17.7 Å². The van der Waals surface area contributed by atoms with Gasteiger partial charge in [-0.15, -0.1) is 0 Å². The van der Waals surface area contributed by atoms with Crippen LogP contribution in [0.3, 0.4) is 0 Å². The molecule has 0 atom stereocenters. The van der Waals surface area contributed by atoms with Crippen molar-refractivity contribution in [1.82, 2.24) is 9.97 Å². The summed E-state index contributed by atoms with van der Waals surface area (Å²) in [5.41, 5.74) is 1.77. The number of ether oxygens (including phenoxy) is 1. The van der Waals surface area contributed by atoms with Gasteiger partial charge in [-0.1, -0.05) is 25.1 Å². The number of benzene rings is 1. The van der Waals surface area contributed by atoms with E-state index < -0.39 is 5.97 Å². The van der Waals surface area contributed by atoms with Crippen LogP contribution in [0, 0.1) is 0 Å². The Morgan fingerprint density at radius 3 is 2.62 bits per heavy atom. The molecule has 0 spiro atoms. The summed E-state index contributed by atoms with van der Waals surface area (Å²) in [6.45, 7) is 2.04. The maximum absolute atomic E-state index is 11.9. The molecule has 0 aliphatic heterocycles. The number of rotatable bonds is 8. The maximum Gasteiger partial charge on any atom is 0.308 e. The van der Waals surface area contributed by atoms with Gasteiger partial charge in [-0.25, -0.2) is 9.97 Å². The third-order valence-corrected chi connectivity index (χ3v) is 3.21. The van der Waals surface area contributed by atoms with Gasteiger partial charge in [0.05, 0.1) is 6.42 Å². The van der Waals surface area contributed by atoms with Crippen molar-refractivity contribution in [3.05, 3.63) is 48.3 Å². The molecule has 7 heteroatoms. The Balaban J connectivity index is 1.68. The number of para-hydroxylation sites is 1. The molecule has 0 unspecified atom stereocenters.